The second-order valence-electron chi connectivity index (χ2n) is 4.85. The molecule has 0 amide bonds. The third-order valence-electron chi connectivity index (χ3n) is 3.34. The molecule has 2 N–H and O–H groups in total. The van der Waals surface area contributed by atoms with Gasteiger partial charge >= 0.3 is 0 Å². The fourth-order valence-electron chi connectivity index (χ4n) is 2.23. The van der Waals surface area contributed by atoms with Gasteiger partial charge in [-0.1, -0.05) is 60.7 Å². The summed E-state index contributed by atoms with van der Waals surface area (Å²) in [6.45, 7) is 0. The van der Waals surface area contributed by atoms with Gasteiger partial charge in [-0.15, -0.1) is 0 Å². The fourth-order valence-corrected chi connectivity index (χ4v) is 2.36. The molecule has 0 aliphatic carbocycles. The number of hydrogen-bond donors (Lipinski definition) is 1. The first-order valence-electron chi connectivity index (χ1n) is 6.96. The molecule has 3 heteroatoms. The molecule has 0 fully saturated rings. The van der Waals surface area contributed by atoms with Gasteiger partial charge in [-0.05, 0) is 35.9 Å². The van der Waals surface area contributed by atoms with Crippen molar-refractivity contribution in [3.63, 3.8) is 0 Å². The van der Waals surface area contributed by atoms with E-state index >= 15 is 0 Å². The Balaban J connectivity index is 1.91. The zero-order chi connectivity index (χ0) is 15.4. The van der Waals surface area contributed by atoms with Gasteiger partial charge in [0.25, 0.3) is 0 Å². The minimum absolute atomic E-state index is 0.385. The molecule has 0 radical (unpaired) electrons. The van der Waals surface area contributed by atoms with E-state index in [0.29, 0.717) is 4.99 Å². The van der Waals surface area contributed by atoms with E-state index < -0.39 is 0 Å². The zero-order valence-corrected chi connectivity index (χ0v) is 12.7. The normalized spacial score (nSPS) is 10.2. The van der Waals surface area contributed by atoms with Gasteiger partial charge in [-0.2, -0.15) is 0 Å². The number of thiocarbonyl (C=S) groups is 1. The highest BCUT2D eigenvalue weighted by Crippen LogP contribution is 2.33. The Labute approximate surface area is 135 Å². The highest BCUT2D eigenvalue weighted by atomic mass is 32.1. The molecule has 2 nitrogen and oxygen atoms in total. The monoisotopic (exact) mass is 305 g/mol. The van der Waals surface area contributed by atoms with E-state index in [9.17, 15) is 0 Å². The van der Waals surface area contributed by atoms with E-state index in [1.807, 2.05) is 66.7 Å². The van der Waals surface area contributed by atoms with Crippen molar-refractivity contribution in [2.45, 2.75) is 0 Å². The van der Waals surface area contributed by atoms with E-state index in [4.69, 9.17) is 22.7 Å². The van der Waals surface area contributed by atoms with Crippen molar-refractivity contribution in [2.24, 2.45) is 5.73 Å². The lowest BCUT2D eigenvalue weighted by atomic mass is 10.0. The van der Waals surface area contributed by atoms with Gasteiger partial charge in [-0.3, -0.25) is 0 Å². The molecule has 108 valence electrons. The van der Waals surface area contributed by atoms with Crippen LogP contribution in [0.15, 0.2) is 78.9 Å². The van der Waals surface area contributed by atoms with Crippen molar-refractivity contribution in [3.8, 4) is 22.6 Å². The van der Waals surface area contributed by atoms with Crippen LogP contribution in [0.2, 0.25) is 0 Å². The number of benzene rings is 3. The minimum Gasteiger partial charge on any atom is -0.457 e. The average molecular weight is 305 g/mol. The maximum Gasteiger partial charge on any atom is 0.135 e. The SMILES string of the molecule is NC(=S)c1ccc(Oc2ccccc2-c2ccccc2)cc1. The highest BCUT2D eigenvalue weighted by Gasteiger charge is 2.06. The third kappa shape index (κ3) is 3.15. The van der Waals surface area contributed by atoms with Crippen LogP contribution in [0.1, 0.15) is 5.56 Å². The van der Waals surface area contributed by atoms with E-state index in [0.717, 1.165) is 28.2 Å². The van der Waals surface area contributed by atoms with Crippen LogP contribution in [0.3, 0.4) is 0 Å². The predicted molar refractivity (Wildman–Crippen MR) is 94.3 cm³/mol. The predicted octanol–water partition coefficient (Wildman–Crippen LogP) is 4.78. The molecular weight excluding hydrogens is 290 g/mol. The summed E-state index contributed by atoms with van der Waals surface area (Å²) in [5.41, 5.74) is 8.62. The summed E-state index contributed by atoms with van der Waals surface area (Å²) in [5, 5.41) is 0. The van der Waals surface area contributed by atoms with Crippen LogP contribution in [0.4, 0.5) is 0 Å². The molecule has 22 heavy (non-hydrogen) atoms. The Hall–Kier alpha value is -2.65. The lowest BCUT2D eigenvalue weighted by Crippen LogP contribution is -2.08. The summed E-state index contributed by atoms with van der Waals surface area (Å²) in [6.07, 6.45) is 0. The average Bonchev–Trinajstić information content (AvgIpc) is 2.57. The number of rotatable bonds is 4. The molecule has 3 aromatic carbocycles. The van der Waals surface area contributed by atoms with Crippen LogP contribution in [0, 0.1) is 0 Å². The summed E-state index contributed by atoms with van der Waals surface area (Å²) >= 11 is 4.96. The molecule has 0 aliphatic heterocycles. The Kier molecular flexibility index (Phi) is 4.17. The van der Waals surface area contributed by atoms with Crippen LogP contribution in [-0.2, 0) is 0 Å². The van der Waals surface area contributed by atoms with Gasteiger partial charge in [0.15, 0.2) is 0 Å². The van der Waals surface area contributed by atoms with E-state index in [-0.39, 0.29) is 0 Å². The molecule has 3 rings (SSSR count). The standard InChI is InChI=1S/C19H15NOS/c20-19(22)15-10-12-16(13-11-15)21-18-9-5-4-8-17(18)14-6-2-1-3-7-14/h1-13H,(H2,20,22). The molecule has 0 saturated carbocycles. The third-order valence-corrected chi connectivity index (χ3v) is 3.57. The lowest BCUT2D eigenvalue weighted by molar-refractivity contribution is 0.484. The van der Waals surface area contributed by atoms with Crippen molar-refractivity contribution in [1.82, 2.24) is 0 Å². The van der Waals surface area contributed by atoms with Gasteiger partial charge in [0.1, 0.15) is 16.5 Å². The molecule has 0 spiro atoms. The summed E-state index contributed by atoms with van der Waals surface area (Å²) in [6, 6.07) is 25.6. The largest absolute Gasteiger partial charge is 0.457 e. The Morgan fingerprint density at radius 3 is 2.09 bits per heavy atom. The smallest absolute Gasteiger partial charge is 0.135 e. The topological polar surface area (TPSA) is 35.2 Å². The van der Waals surface area contributed by atoms with Gasteiger partial charge < -0.3 is 10.5 Å². The summed E-state index contributed by atoms with van der Waals surface area (Å²) in [5.74, 6) is 1.57. The number of hydrogen-bond acceptors (Lipinski definition) is 2. The van der Waals surface area contributed by atoms with Crippen molar-refractivity contribution >= 4 is 17.2 Å². The van der Waals surface area contributed by atoms with Gasteiger partial charge in [0, 0.05) is 11.1 Å². The number of ether oxygens (including phenoxy) is 1. The summed E-state index contributed by atoms with van der Waals surface area (Å²) in [4.78, 5) is 0.385. The second kappa shape index (κ2) is 6.41. The van der Waals surface area contributed by atoms with E-state index in [1.54, 1.807) is 0 Å². The van der Waals surface area contributed by atoms with Gasteiger partial charge in [0.2, 0.25) is 0 Å². The van der Waals surface area contributed by atoms with Crippen LogP contribution in [0.25, 0.3) is 11.1 Å². The molecule has 0 unspecified atom stereocenters. The molecule has 0 bridgehead atoms. The first-order valence-corrected chi connectivity index (χ1v) is 7.37. The summed E-state index contributed by atoms with van der Waals surface area (Å²) < 4.78 is 6.01. The van der Waals surface area contributed by atoms with Gasteiger partial charge in [-0.25, -0.2) is 0 Å². The maximum atomic E-state index is 6.01. The highest BCUT2D eigenvalue weighted by molar-refractivity contribution is 7.80. The Bertz CT molecular complexity index is 782. The van der Waals surface area contributed by atoms with Crippen LogP contribution in [-0.4, -0.2) is 4.99 Å². The first-order chi connectivity index (χ1) is 10.7. The Morgan fingerprint density at radius 1 is 0.773 bits per heavy atom. The quantitative estimate of drug-likeness (QED) is 0.705. The van der Waals surface area contributed by atoms with Gasteiger partial charge in [0.05, 0.1) is 0 Å². The minimum atomic E-state index is 0.385. The van der Waals surface area contributed by atoms with E-state index in [1.165, 1.54) is 0 Å². The maximum absolute atomic E-state index is 6.01. The van der Waals surface area contributed by atoms with Crippen LogP contribution in [0.5, 0.6) is 11.5 Å². The Morgan fingerprint density at radius 2 is 1.41 bits per heavy atom. The summed E-state index contributed by atoms with van der Waals surface area (Å²) in [7, 11) is 0. The molecular formula is C19H15NOS. The van der Waals surface area contributed by atoms with Crippen molar-refractivity contribution in [3.05, 3.63) is 84.4 Å². The van der Waals surface area contributed by atoms with Crippen LogP contribution < -0.4 is 10.5 Å². The number of nitrogens with two attached hydrogens (primary N) is 1. The molecule has 0 atom stereocenters. The van der Waals surface area contributed by atoms with Crippen LogP contribution >= 0.6 is 12.2 Å². The zero-order valence-electron chi connectivity index (χ0n) is 11.9. The second-order valence-corrected chi connectivity index (χ2v) is 5.29. The molecule has 0 aromatic heterocycles. The first kappa shape index (κ1) is 14.3. The molecule has 0 heterocycles. The molecule has 0 aliphatic rings. The molecule has 3 aromatic rings. The van der Waals surface area contributed by atoms with Crippen molar-refractivity contribution in [2.75, 3.05) is 0 Å². The number of para-hydroxylation sites is 1. The molecule has 0 saturated heterocycles. The van der Waals surface area contributed by atoms with Crippen molar-refractivity contribution < 1.29 is 4.74 Å². The fraction of sp³-hybridized carbons (Fsp3) is 0. The lowest BCUT2D eigenvalue weighted by Gasteiger charge is -2.11. The van der Waals surface area contributed by atoms with E-state index in [2.05, 4.69) is 12.1 Å². The van der Waals surface area contributed by atoms with Crippen molar-refractivity contribution in [1.29, 1.82) is 0 Å².